The summed E-state index contributed by atoms with van der Waals surface area (Å²) in [5.41, 5.74) is 1.05. The highest BCUT2D eigenvalue weighted by atomic mass is 19.4. The van der Waals surface area contributed by atoms with Crippen molar-refractivity contribution in [2.45, 2.75) is 70.3 Å². The van der Waals surface area contributed by atoms with Gasteiger partial charge in [0.1, 0.15) is 12.1 Å². The molecule has 0 unspecified atom stereocenters. The molecular formula is C27H32F3N5O. The summed E-state index contributed by atoms with van der Waals surface area (Å²) < 4.78 is 39.5. The van der Waals surface area contributed by atoms with Crippen LogP contribution >= 0.6 is 0 Å². The first-order valence-corrected chi connectivity index (χ1v) is 12.2. The third-order valence-electron chi connectivity index (χ3n) is 6.30. The van der Waals surface area contributed by atoms with Gasteiger partial charge in [0.05, 0.1) is 17.6 Å². The van der Waals surface area contributed by atoms with Crippen molar-refractivity contribution in [1.29, 1.82) is 0 Å². The molecule has 1 saturated carbocycles. The Balaban J connectivity index is 1.41. The number of amides is 1. The van der Waals surface area contributed by atoms with E-state index in [2.05, 4.69) is 46.7 Å². The minimum Gasteiger partial charge on any atom is -0.360 e. The number of halogens is 3. The Hall–Kier alpha value is -3.20. The molecule has 3 N–H and O–H groups in total. The largest absolute Gasteiger partial charge is 0.416 e. The number of carbonyl (C=O) groups is 1. The van der Waals surface area contributed by atoms with E-state index in [-0.39, 0.29) is 24.0 Å². The molecule has 1 aliphatic rings. The van der Waals surface area contributed by atoms with E-state index in [0.717, 1.165) is 37.8 Å². The van der Waals surface area contributed by atoms with Crippen LogP contribution in [0.3, 0.4) is 0 Å². The van der Waals surface area contributed by atoms with E-state index < -0.39 is 11.7 Å². The summed E-state index contributed by atoms with van der Waals surface area (Å²) in [4.78, 5) is 21.1. The van der Waals surface area contributed by atoms with Gasteiger partial charge in [0.25, 0.3) is 0 Å². The second kappa shape index (κ2) is 10.4. The Morgan fingerprint density at radius 2 is 1.64 bits per heavy atom. The molecular weight excluding hydrogens is 467 g/mol. The molecule has 4 rings (SSSR count). The fraction of sp³-hybridized carbons (Fsp3) is 0.444. The van der Waals surface area contributed by atoms with Crippen LogP contribution in [0.1, 0.15) is 52.0 Å². The molecule has 0 bridgehead atoms. The molecule has 36 heavy (non-hydrogen) atoms. The van der Waals surface area contributed by atoms with Crippen LogP contribution in [0.15, 0.2) is 48.8 Å². The second-order valence-corrected chi connectivity index (χ2v) is 10.4. The minimum atomic E-state index is -4.42. The van der Waals surface area contributed by atoms with Gasteiger partial charge in [-0.15, -0.1) is 0 Å². The molecule has 6 nitrogen and oxygen atoms in total. The molecule has 1 aromatic heterocycles. The van der Waals surface area contributed by atoms with Crippen LogP contribution in [0.2, 0.25) is 0 Å². The third-order valence-corrected chi connectivity index (χ3v) is 6.30. The molecule has 1 aliphatic carbocycles. The highest BCUT2D eigenvalue weighted by molar-refractivity contribution is 5.93. The molecule has 1 amide bonds. The first-order chi connectivity index (χ1) is 17.0. The van der Waals surface area contributed by atoms with E-state index in [0.29, 0.717) is 33.9 Å². The molecule has 0 saturated heterocycles. The van der Waals surface area contributed by atoms with Crippen molar-refractivity contribution >= 4 is 22.6 Å². The number of nitrogens with one attached hydrogen (secondary N) is 3. The zero-order valence-electron chi connectivity index (χ0n) is 20.7. The van der Waals surface area contributed by atoms with Crippen molar-refractivity contribution in [2.24, 2.45) is 0 Å². The lowest BCUT2D eigenvalue weighted by atomic mass is 9.89. The number of nitrogens with zero attached hydrogens (tertiary/aromatic N) is 2. The summed E-state index contributed by atoms with van der Waals surface area (Å²) in [6.45, 7) is 6.52. The van der Waals surface area contributed by atoms with E-state index in [1.54, 1.807) is 24.3 Å². The molecule has 192 valence electrons. The maximum atomic E-state index is 13.2. The number of rotatable bonds is 6. The summed E-state index contributed by atoms with van der Waals surface area (Å²) >= 11 is 0. The maximum absolute atomic E-state index is 13.2. The van der Waals surface area contributed by atoms with Crippen LogP contribution in [0.25, 0.3) is 22.0 Å². The van der Waals surface area contributed by atoms with Gasteiger partial charge in [0.15, 0.2) is 0 Å². The molecule has 1 fully saturated rings. The molecule has 3 aromatic rings. The van der Waals surface area contributed by atoms with E-state index in [9.17, 15) is 18.0 Å². The standard InChI is InChI=1S/C27H32F3N5O/c1-26(2,3)35-21-10-8-20(9-11-21)34-24(36)15-31-25-22-14-18(7-12-23(22)32-16-33-25)17-5-4-6-19(13-17)27(28,29)30/h4-7,12-14,16,20-21,35H,8-11,15H2,1-3H3,(H,34,36)(H,31,32,33). The summed E-state index contributed by atoms with van der Waals surface area (Å²) in [5, 5.41) is 10.4. The van der Waals surface area contributed by atoms with E-state index in [4.69, 9.17) is 0 Å². The number of benzene rings is 2. The highest BCUT2D eigenvalue weighted by Gasteiger charge is 2.30. The van der Waals surface area contributed by atoms with Crippen molar-refractivity contribution in [3.8, 4) is 11.1 Å². The molecule has 0 radical (unpaired) electrons. The zero-order chi connectivity index (χ0) is 25.9. The molecule has 0 aliphatic heterocycles. The number of hydrogen-bond donors (Lipinski definition) is 3. The van der Waals surface area contributed by atoms with Gasteiger partial charge in [-0.05, 0) is 81.8 Å². The Morgan fingerprint density at radius 3 is 2.33 bits per heavy atom. The summed E-state index contributed by atoms with van der Waals surface area (Å²) in [5.74, 6) is 0.338. The van der Waals surface area contributed by atoms with Crippen molar-refractivity contribution in [2.75, 3.05) is 11.9 Å². The quantitative estimate of drug-likeness (QED) is 0.415. The topological polar surface area (TPSA) is 78.9 Å². The van der Waals surface area contributed by atoms with Crippen LogP contribution in [0.5, 0.6) is 0 Å². The molecule has 9 heteroatoms. The Labute approximate surface area is 209 Å². The first kappa shape index (κ1) is 25.9. The van der Waals surface area contributed by atoms with E-state index in [1.807, 2.05) is 0 Å². The summed E-state index contributed by atoms with van der Waals surface area (Å²) in [7, 11) is 0. The Morgan fingerprint density at radius 1 is 0.944 bits per heavy atom. The number of aromatic nitrogens is 2. The maximum Gasteiger partial charge on any atom is 0.416 e. The monoisotopic (exact) mass is 499 g/mol. The average molecular weight is 500 g/mol. The summed E-state index contributed by atoms with van der Waals surface area (Å²) in [6, 6.07) is 11.0. The average Bonchev–Trinajstić information content (AvgIpc) is 2.82. The smallest absolute Gasteiger partial charge is 0.360 e. The van der Waals surface area contributed by atoms with E-state index >= 15 is 0 Å². The molecule has 1 heterocycles. The van der Waals surface area contributed by atoms with Gasteiger partial charge in [-0.25, -0.2) is 9.97 Å². The number of carbonyl (C=O) groups excluding carboxylic acids is 1. The molecule has 0 spiro atoms. The molecule has 2 aromatic carbocycles. The van der Waals surface area contributed by atoms with Gasteiger partial charge < -0.3 is 16.0 Å². The van der Waals surface area contributed by atoms with Gasteiger partial charge in [0.2, 0.25) is 5.91 Å². The number of fused-ring (bicyclic) bond motifs is 1. The first-order valence-electron chi connectivity index (χ1n) is 12.2. The fourth-order valence-electron chi connectivity index (χ4n) is 4.69. The van der Waals surface area contributed by atoms with Crippen LogP contribution in [-0.4, -0.2) is 40.0 Å². The minimum absolute atomic E-state index is 0.0417. The number of alkyl halides is 3. The Bertz CT molecular complexity index is 1210. The lowest BCUT2D eigenvalue weighted by molar-refractivity contribution is -0.137. The van der Waals surface area contributed by atoms with Gasteiger partial charge >= 0.3 is 6.18 Å². The highest BCUT2D eigenvalue weighted by Crippen LogP contribution is 2.33. The van der Waals surface area contributed by atoms with Gasteiger partial charge in [0, 0.05) is 23.0 Å². The fourth-order valence-corrected chi connectivity index (χ4v) is 4.69. The van der Waals surface area contributed by atoms with Crippen LogP contribution in [0, 0.1) is 0 Å². The lowest BCUT2D eigenvalue weighted by Crippen LogP contribution is -2.48. The normalized spacial score (nSPS) is 18.7. The van der Waals surface area contributed by atoms with E-state index in [1.165, 1.54) is 12.4 Å². The van der Waals surface area contributed by atoms with Crippen molar-refractivity contribution in [3.05, 3.63) is 54.4 Å². The van der Waals surface area contributed by atoms with Crippen molar-refractivity contribution in [1.82, 2.24) is 20.6 Å². The predicted molar refractivity (Wildman–Crippen MR) is 136 cm³/mol. The van der Waals surface area contributed by atoms with Crippen molar-refractivity contribution in [3.63, 3.8) is 0 Å². The van der Waals surface area contributed by atoms with Crippen LogP contribution < -0.4 is 16.0 Å². The second-order valence-electron chi connectivity index (χ2n) is 10.4. The zero-order valence-corrected chi connectivity index (χ0v) is 20.7. The SMILES string of the molecule is CC(C)(C)NC1CCC(NC(=O)CNc2ncnc3ccc(-c4cccc(C(F)(F)F)c4)cc23)CC1. The van der Waals surface area contributed by atoms with Gasteiger partial charge in [-0.1, -0.05) is 18.2 Å². The van der Waals surface area contributed by atoms with Gasteiger partial charge in [-0.2, -0.15) is 13.2 Å². The van der Waals surface area contributed by atoms with Crippen LogP contribution in [0.4, 0.5) is 19.0 Å². The van der Waals surface area contributed by atoms with Crippen LogP contribution in [-0.2, 0) is 11.0 Å². The summed E-state index contributed by atoms with van der Waals surface area (Å²) in [6.07, 6.45) is 0.871. The lowest BCUT2D eigenvalue weighted by Gasteiger charge is -2.34. The van der Waals surface area contributed by atoms with Gasteiger partial charge in [-0.3, -0.25) is 4.79 Å². The molecule has 0 atom stereocenters. The Kier molecular flexibility index (Phi) is 7.49. The third kappa shape index (κ3) is 6.72. The van der Waals surface area contributed by atoms with Crippen molar-refractivity contribution < 1.29 is 18.0 Å². The number of anilines is 1. The number of hydrogen-bond acceptors (Lipinski definition) is 5. The predicted octanol–water partition coefficient (Wildman–Crippen LogP) is 5.54.